The molecule has 0 nitrogen and oxygen atoms in total. The minimum Gasteiger partial charge on any atom is -0.0991 e. The highest BCUT2D eigenvalue weighted by Gasteiger charge is 2.29. The average molecular weight is 283 g/mol. The van der Waals surface area contributed by atoms with Gasteiger partial charge in [0.25, 0.3) is 0 Å². The lowest BCUT2D eigenvalue weighted by atomic mass is 10.4. The van der Waals surface area contributed by atoms with E-state index in [4.69, 9.17) is 0 Å². The van der Waals surface area contributed by atoms with Gasteiger partial charge in [-0.3, -0.25) is 0 Å². The smallest absolute Gasteiger partial charge is 0.0991 e. The molecule has 0 radical (unpaired) electrons. The van der Waals surface area contributed by atoms with Crippen LogP contribution in [0.15, 0.2) is 94.7 Å². The summed E-state index contributed by atoms with van der Waals surface area (Å²) in [6.07, 6.45) is 13.4. The minimum atomic E-state index is -0.0953. The van der Waals surface area contributed by atoms with Crippen molar-refractivity contribution >= 4 is 10.9 Å². The molecule has 1 rings (SSSR count). The van der Waals surface area contributed by atoms with E-state index in [-0.39, 0.29) is 10.9 Å². The fraction of sp³-hybridized carbons (Fsp3) is 0.158. The van der Waals surface area contributed by atoms with E-state index in [9.17, 15) is 0 Å². The largest absolute Gasteiger partial charge is 0.166 e. The lowest BCUT2D eigenvalue weighted by molar-refractivity contribution is 1.22. The van der Waals surface area contributed by atoms with Gasteiger partial charge in [0, 0.05) is 0 Å². The van der Waals surface area contributed by atoms with Crippen LogP contribution in [0.1, 0.15) is 20.3 Å². The van der Waals surface area contributed by atoms with E-state index < -0.39 is 0 Å². The molecule has 1 heteroatoms. The Morgan fingerprint density at radius 2 is 1.85 bits per heavy atom. The Hall–Kier alpha value is -1.73. The summed E-state index contributed by atoms with van der Waals surface area (Å²) in [5.74, 6) is 0. The first-order chi connectivity index (χ1) is 9.78. The Morgan fingerprint density at radius 1 is 1.15 bits per heavy atom. The maximum Gasteiger partial charge on any atom is 0.166 e. The maximum absolute atomic E-state index is 3.99. The molecule has 0 spiro atoms. The summed E-state index contributed by atoms with van der Waals surface area (Å²) >= 11 is 0. The van der Waals surface area contributed by atoms with Crippen molar-refractivity contribution < 1.29 is 0 Å². The van der Waals surface area contributed by atoms with Gasteiger partial charge in [0.2, 0.25) is 0 Å². The predicted molar refractivity (Wildman–Crippen MR) is 93.7 cm³/mol. The third-order valence-electron chi connectivity index (χ3n) is 2.74. The molecule has 0 aliphatic rings. The summed E-state index contributed by atoms with van der Waals surface area (Å²) < 4.78 is 0. The van der Waals surface area contributed by atoms with Crippen LogP contribution in [0.2, 0.25) is 0 Å². The molecule has 0 heterocycles. The number of rotatable bonds is 7. The van der Waals surface area contributed by atoms with Crippen molar-refractivity contribution in [3.05, 3.63) is 89.8 Å². The first-order valence-corrected chi connectivity index (χ1v) is 8.08. The molecule has 1 atom stereocenters. The molecule has 0 saturated carbocycles. The van der Waals surface area contributed by atoms with Gasteiger partial charge < -0.3 is 0 Å². The quantitative estimate of drug-likeness (QED) is 0.439. The third kappa shape index (κ3) is 4.43. The fourth-order valence-electron chi connectivity index (χ4n) is 1.86. The lowest BCUT2D eigenvalue weighted by Crippen LogP contribution is -2.07. The van der Waals surface area contributed by atoms with Crippen molar-refractivity contribution in [2.75, 3.05) is 0 Å². The van der Waals surface area contributed by atoms with Crippen LogP contribution in [0.4, 0.5) is 0 Å². The van der Waals surface area contributed by atoms with Gasteiger partial charge in [0.05, 0.1) is 10.9 Å². The van der Waals surface area contributed by atoms with E-state index in [1.165, 1.54) is 14.7 Å². The normalized spacial score (nSPS) is 14.3. The van der Waals surface area contributed by atoms with Crippen LogP contribution in [-0.4, -0.2) is 0 Å². The van der Waals surface area contributed by atoms with Crippen molar-refractivity contribution in [3.63, 3.8) is 0 Å². The zero-order valence-corrected chi connectivity index (χ0v) is 13.2. The topological polar surface area (TPSA) is 0 Å². The molecule has 0 amide bonds. The second-order valence-corrected chi connectivity index (χ2v) is 6.15. The molecule has 104 valence electrons. The summed E-state index contributed by atoms with van der Waals surface area (Å²) in [4.78, 5) is 3.88. The van der Waals surface area contributed by atoms with Crippen LogP contribution in [-0.2, 0) is 10.9 Å². The molecule has 0 N–H and O–H groups in total. The minimum absolute atomic E-state index is 0.0953. The summed E-state index contributed by atoms with van der Waals surface area (Å²) in [5, 5.41) is 0. The van der Waals surface area contributed by atoms with E-state index in [1.807, 2.05) is 18.2 Å². The van der Waals surface area contributed by atoms with E-state index in [2.05, 4.69) is 75.6 Å². The lowest BCUT2D eigenvalue weighted by Gasteiger charge is -2.09. The van der Waals surface area contributed by atoms with E-state index in [0.717, 1.165) is 6.42 Å². The molecule has 0 aliphatic carbocycles. The van der Waals surface area contributed by atoms with Gasteiger partial charge in [-0.25, -0.2) is 0 Å². The summed E-state index contributed by atoms with van der Waals surface area (Å²) in [7, 11) is -0.0953. The van der Waals surface area contributed by atoms with Crippen molar-refractivity contribution in [1.29, 1.82) is 0 Å². The number of benzene rings is 1. The Bertz CT molecular complexity index is 518. The fourth-order valence-corrected chi connectivity index (χ4v) is 4.06. The Kier molecular flexibility index (Phi) is 7.52. The average Bonchev–Trinajstić information content (AvgIpc) is 2.50. The first kappa shape index (κ1) is 16.3. The molecular weight excluding hydrogens is 260 g/mol. The van der Waals surface area contributed by atoms with Gasteiger partial charge in [-0.05, 0) is 49.8 Å². The van der Waals surface area contributed by atoms with Crippen LogP contribution in [0.5, 0.6) is 0 Å². The van der Waals surface area contributed by atoms with Crippen LogP contribution < -0.4 is 0 Å². The van der Waals surface area contributed by atoms with Gasteiger partial charge >= 0.3 is 0 Å². The van der Waals surface area contributed by atoms with E-state index in [1.54, 1.807) is 0 Å². The van der Waals surface area contributed by atoms with Crippen LogP contribution in [0.3, 0.4) is 0 Å². The second kappa shape index (κ2) is 9.22. The molecule has 0 aliphatic heterocycles. The van der Waals surface area contributed by atoms with Gasteiger partial charge in [-0.1, -0.05) is 50.4 Å². The Labute approximate surface area is 126 Å². The van der Waals surface area contributed by atoms with Crippen molar-refractivity contribution in [1.82, 2.24) is 0 Å². The summed E-state index contributed by atoms with van der Waals surface area (Å²) in [6, 6.07) is 10.6. The van der Waals surface area contributed by atoms with Crippen LogP contribution in [0, 0.1) is 0 Å². The van der Waals surface area contributed by atoms with Gasteiger partial charge in [-0.15, -0.1) is 0 Å². The molecule has 0 fully saturated rings. The maximum atomic E-state index is 3.99. The van der Waals surface area contributed by atoms with Gasteiger partial charge in [-0.2, -0.15) is 0 Å². The molecule has 1 unspecified atom stereocenters. The number of hydrogen-bond acceptors (Lipinski definition) is 0. The second-order valence-electron chi connectivity index (χ2n) is 4.12. The molecule has 0 aromatic heterocycles. The molecular formula is C19H23S+. The third-order valence-corrected chi connectivity index (χ3v) is 5.13. The Morgan fingerprint density at radius 3 is 2.35 bits per heavy atom. The molecule has 20 heavy (non-hydrogen) atoms. The van der Waals surface area contributed by atoms with Crippen LogP contribution >= 0.6 is 0 Å². The highest BCUT2D eigenvalue weighted by atomic mass is 32.2. The standard InChI is InChI=1S/C19H23S/c1-5-9-14-18(8-4)20(17(7-3)13-6-2)19-15-11-10-12-16-19/h5,7-16H,1,3,6H2,2,4H3/q+1/b14-9-,17-13+,18-8+. The van der Waals surface area contributed by atoms with E-state index >= 15 is 0 Å². The van der Waals surface area contributed by atoms with Crippen molar-refractivity contribution in [3.8, 4) is 0 Å². The molecule has 1 aromatic carbocycles. The molecule has 0 bridgehead atoms. The van der Waals surface area contributed by atoms with E-state index in [0.29, 0.717) is 0 Å². The van der Waals surface area contributed by atoms with Gasteiger partial charge in [0.1, 0.15) is 0 Å². The first-order valence-electron chi connectivity index (χ1n) is 6.85. The zero-order valence-electron chi connectivity index (χ0n) is 12.4. The highest BCUT2D eigenvalue weighted by Crippen LogP contribution is 2.31. The predicted octanol–water partition coefficient (Wildman–Crippen LogP) is 5.79. The number of allylic oxidation sites excluding steroid dienone is 6. The summed E-state index contributed by atoms with van der Waals surface area (Å²) in [5.41, 5.74) is 0. The summed E-state index contributed by atoms with van der Waals surface area (Å²) in [6.45, 7) is 12.0. The van der Waals surface area contributed by atoms with Gasteiger partial charge in [0.15, 0.2) is 14.7 Å². The number of hydrogen-bond donors (Lipinski definition) is 0. The monoisotopic (exact) mass is 283 g/mol. The molecule has 1 aromatic rings. The Balaban J connectivity index is 3.34. The molecule has 0 saturated heterocycles. The van der Waals surface area contributed by atoms with Crippen molar-refractivity contribution in [2.24, 2.45) is 0 Å². The van der Waals surface area contributed by atoms with Crippen LogP contribution in [0.25, 0.3) is 0 Å². The van der Waals surface area contributed by atoms with Crippen molar-refractivity contribution in [2.45, 2.75) is 25.2 Å². The SMILES string of the molecule is C=C/C=C\C(=C/C)[S+](/C(C=C)=C/CC)c1ccccc1. The highest BCUT2D eigenvalue weighted by molar-refractivity contribution is 8.04. The zero-order chi connectivity index (χ0) is 14.8.